The number of ether oxygens (including phenoxy) is 1. The summed E-state index contributed by atoms with van der Waals surface area (Å²) in [4.78, 5) is 23.8. The van der Waals surface area contributed by atoms with Crippen LogP contribution in [0.3, 0.4) is 0 Å². The van der Waals surface area contributed by atoms with Gasteiger partial charge in [-0.05, 0) is 55.8 Å². The Labute approximate surface area is 137 Å². The minimum atomic E-state index is -0.760. The summed E-state index contributed by atoms with van der Waals surface area (Å²) in [6.45, 7) is 3.43. The number of benzene rings is 2. The van der Waals surface area contributed by atoms with E-state index in [4.69, 9.17) is 9.15 Å². The van der Waals surface area contributed by atoms with Crippen molar-refractivity contribution in [1.29, 1.82) is 0 Å². The maximum Gasteiger partial charge on any atom is 0.336 e. The number of hydrogen-bond acceptors (Lipinski definition) is 4. The van der Waals surface area contributed by atoms with Gasteiger partial charge in [-0.25, -0.2) is 9.18 Å². The van der Waals surface area contributed by atoms with Crippen LogP contribution in [-0.2, 0) is 0 Å². The first-order valence-electron chi connectivity index (χ1n) is 7.45. The monoisotopic (exact) mass is 326 g/mol. The molecule has 0 aliphatic carbocycles. The first kappa shape index (κ1) is 15.9. The molecule has 0 fully saturated rings. The standard InChI is InChI=1S/C19H15FO4/c1-11-9-18(21)24-17-10-15(7-8-16(11)17)23-12(2)19(22)13-3-5-14(20)6-4-13/h3-10,12H,1-2H3/t12-/m1/s1. The Kier molecular flexibility index (Phi) is 4.16. The number of ketones is 1. The van der Waals surface area contributed by atoms with Crippen molar-refractivity contribution in [1.82, 2.24) is 0 Å². The smallest absolute Gasteiger partial charge is 0.336 e. The van der Waals surface area contributed by atoms with Gasteiger partial charge in [0, 0.05) is 23.1 Å². The fourth-order valence-electron chi connectivity index (χ4n) is 2.49. The van der Waals surface area contributed by atoms with Crippen LogP contribution in [0.1, 0.15) is 22.8 Å². The SMILES string of the molecule is Cc1cc(=O)oc2cc(O[C@H](C)C(=O)c3ccc(F)cc3)ccc12. The second-order valence-electron chi connectivity index (χ2n) is 5.54. The van der Waals surface area contributed by atoms with E-state index in [1.807, 2.05) is 6.92 Å². The largest absolute Gasteiger partial charge is 0.482 e. The molecule has 5 heteroatoms. The predicted molar refractivity (Wildman–Crippen MR) is 88.0 cm³/mol. The van der Waals surface area contributed by atoms with Gasteiger partial charge in [-0.3, -0.25) is 4.79 Å². The summed E-state index contributed by atoms with van der Waals surface area (Å²) in [5.74, 6) is -0.250. The van der Waals surface area contributed by atoms with Crippen molar-refractivity contribution in [3.05, 3.63) is 75.9 Å². The molecular formula is C19H15FO4. The van der Waals surface area contributed by atoms with E-state index in [0.29, 0.717) is 16.9 Å². The zero-order valence-electron chi connectivity index (χ0n) is 13.2. The van der Waals surface area contributed by atoms with Crippen LogP contribution in [0, 0.1) is 12.7 Å². The van der Waals surface area contributed by atoms with Crippen LogP contribution in [0.5, 0.6) is 5.75 Å². The Morgan fingerprint density at radius 1 is 1.12 bits per heavy atom. The molecule has 2 aromatic carbocycles. The highest BCUT2D eigenvalue weighted by Crippen LogP contribution is 2.23. The van der Waals surface area contributed by atoms with Crippen LogP contribution in [0.4, 0.5) is 4.39 Å². The van der Waals surface area contributed by atoms with Crippen LogP contribution < -0.4 is 10.4 Å². The van der Waals surface area contributed by atoms with Crippen molar-refractivity contribution in [2.45, 2.75) is 20.0 Å². The lowest BCUT2D eigenvalue weighted by Gasteiger charge is -2.14. The zero-order valence-corrected chi connectivity index (χ0v) is 13.2. The summed E-state index contributed by atoms with van der Waals surface area (Å²) >= 11 is 0. The van der Waals surface area contributed by atoms with Crippen LogP contribution >= 0.6 is 0 Å². The Bertz CT molecular complexity index is 957. The number of rotatable bonds is 4. The molecule has 0 N–H and O–H groups in total. The summed E-state index contributed by atoms with van der Waals surface area (Å²) < 4.78 is 23.7. The average Bonchev–Trinajstić information content (AvgIpc) is 2.54. The summed E-state index contributed by atoms with van der Waals surface area (Å²) in [6.07, 6.45) is -0.760. The molecule has 0 aliphatic rings. The van der Waals surface area contributed by atoms with Gasteiger partial charge in [0.05, 0.1) is 0 Å². The minimum absolute atomic E-state index is 0.263. The summed E-state index contributed by atoms with van der Waals surface area (Å²) in [5, 5.41) is 0.805. The minimum Gasteiger partial charge on any atom is -0.482 e. The lowest BCUT2D eigenvalue weighted by molar-refractivity contribution is 0.0818. The van der Waals surface area contributed by atoms with Crippen LogP contribution in [-0.4, -0.2) is 11.9 Å². The average molecular weight is 326 g/mol. The van der Waals surface area contributed by atoms with E-state index < -0.39 is 17.5 Å². The first-order chi connectivity index (χ1) is 11.4. The number of fused-ring (bicyclic) bond motifs is 1. The summed E-state index contributed by atoms with van der Waals surface area (Å²) in [5.41, 5.74) is 1.14. The van der Waals surface area contributed by atoms with Crippen LogP contribution in [0.15, 0.2) is 57.7 Å². The Morgan fingerprint density at radius 3 is 2.54 bits per heavy atom. The molecule has 122 valence electrons. The van der Waals surface area contributed by atoms with E-state index in [0.717, 1.165) is 10.9 Å². The summed E-state index contributed by atoms with van der Waals surface area (Å²) in [7, 11) is 0. The van der Waals surface area contributed by atoms with Crippen LogP contribution in [0.25, 0.3) is 11.0 Å². The van der Waals surface area contributed by atoms with Gasteiger partial charge in [0.15, 0.2) is 6.10 Å². The van der Waals surface area contributed by atoms with E-state index in [-0.39, 0.29) is 5.78 Å². The van der Waals surface area contributed by atoms with Crippen molar-refractivity contribution in [3.63, 3.8) is 0 Å². The highest BCUT2D eigenvalue weighted by Gasteiger charge is 2.17. The third-order valence-electron chi connectivity index (χ3n) is 3.73. The summed E-state index contributed by atoms with van der Waals surface area (Å²) in [6, 6.07) is 11.8. The highest BCUT2D eigenvalue weighted by atomic mass is 19.1. The predicted octanol–water partition coefficient (Wildman–Crippen LogP) is 3.89. The third-order valence-corrected chi connectivity index (χ3v) is 3.73. The van der Waals surface area contributed by atoms with Gasteiger partial charge in [0.1, 0.15) is 17.1 Å². The van der Waals surface area contributed by atoms with Gasteiger partial charge in [-0.2, -0.15) is 0 Å². The Morgan fingerprint density at radius 2 is 1.83 bits per heavy atom. The molecule has 0 unspecified atom stereocenters. The fourth-order valence-corrected chi connectivity index (χ4v) is 2.49. The molecule has 1 heterocycles. The van der Waals surface area contributed by atoms with E-state index in [1.165, 1.54) is 30.3 Å². The van der Waals surface area contributed by atoms with Gasteiger partial charge < -0.3 is 9.15 Å². The highest BCUT2D eigenvalue weighted by molar-refractivity contribution is 5.99. The van der Waals surface area contributed by atoms with Gasteiger partial charge in [0.2, 0.25) is 5.78 Å². The number of carbonyl (C=O) groups excluding carboxylic acids is 1. The quantitative estimate of drug-likeness (QED) is 0.539. The van der Waals surface area contributed by atoms with E-state index in [9.17, 15) is 14.0 Å². The molecule has 24 heavy (non-hydrogen) atoms. The second kappa shape index (κ2) is 6.28. The van der Waals surface area contributed by atoms with Crippen molar-refractivity contribution in [2.75, 3.05) is 0 Å². The first-order valence-corrected chi connectivity index (χ1v) is 7.45. The molecule has 0 radical (unpaired) electrons. The zero-order chi connectivity index (χ0) is 17.3. The number of aryl methyl sites for hydroxylation is 1. The van der Waals surface area contributed by atoms with E-state index >= 15 is 0 Å². The molecule has 0 bridgehead atoms. The lowest BCUT2D eigenvalue weighted by atomic mass is 10.1. The topological polar surface area (TPSA) is 56.5 Å². The molecule has 3 aromatic rings. The van der Waals surface area contributed by atoms with Gasteiger partial charge in [-0.1, -0.05) is 0 Å². The van der Waals surface area contributed by atoms with Crippen molar-refractivity contribution in [2.24, 2.45) is 0 Å². The van der Waals surface area contributed by atoms with E-state index in [1.54, 1.807) is 25.1 Å². The molecule has 3 rings (SSSR count). The molecule has 1 aromatic heterocycles. The maximum absolute atomic E-state index is 12.9. The van der Waals surface area contributed by atoms with Gasteiger partial charge in [0.25, 0.3) is 0 Å². The van der Waals surface area contributed by atoms with Crippen LogP contribution in [0.2, 0.25) is 0 Å². The molecule has 0 amide bonds. The second-order valence-corrected chi connectivity index (χ2v) is 5.54. The number of carbonyl (C=O) groups is 1. The van der Waals surface area contributed by atoms with E-state index in [2.05, 4.69) is 0 Å². The number of Topliss-reactive ketones (excluding diaryl/α,β-unsaturated/α-hetero) is 1. The number of hydrogen-bond donors (Lipinski definition) is 0. The molecule has 0 saturated heterocycles. The Hall–Kier alpha value is -2.95. The third kappa shape index (κ3) is 3.20. The normalized spacial score (nSPS) is 12.1. The molecule has 1 atom stereocenters. The lowest BCUT2D eigenvalue weighted by Crippen LogP contribution is -2.23. The molecule has 0 aliphatic heterocycles. The van der Waals surface area contributed by atoms with Gasteiger partial charge >= 0.3 is 5.63 Å². The van der Waals surface area contributed by atoms with Crippen molar-refractivity contribution >= 4 is 16.8 Å². The number of halogens is 1. The molecule has 4 nitrogen and oxygen atoms in total. The molecular weight excluding hydrogens is 311 g/mol. The van der Waals surface area contributed by atoms with Crippen molar-refractivity contribution in [3.8, 4) is 5.75 Å². The van der Waals surface area contributed by atoms with Gasteiger partial charge in [-0.15, -0.1) is 0 Å². The molecule has 0 spiro atoms. The Balaban J connectivity index is 1.84. The fraction of sp³-hybridized carbons (Fsp3) is 0.158. The maximum atomic E-state index is 12.9. The molecule has 0 saturated carbocycles. The van der Waals surface area contributed by atoms with Crippen molar-refractivity contribution < 1.29 is 18.3 Å².